The van der Waals surface area contributed by atoms with Crippen molar-refractivity contribution in [3.8, 4) is 5.75 Å². The van der Waals surface area contributed by atoms with E-state index in [9.17, 15) is 13.2 Å². The van der Waals surface area contributed by atoms with Gasteiger partial charge in [-0.3, -0.25) is 4.79 Å². The first-order valence-electron chi connectivity index (χ1n) is 9.41. The van der Waals surface area contributed by atoms with Gasteiger partial charge in [-0.25, -0.2) is 8.42 Å². The molecule has 1 aromatic carbocycles. The Balaban J connectivity index is 1.89. The molecule has 2 atom stereocenters. The predicted molar refractivity (Wildman–Crippen MR) is 101 cm³/mol. The molecule has 1 aromatic rings. The molecule has 26 heavy (non-hydrogen) atoms. The normalized spacial score (nSPS) is 23.7. The van der Waals surface area contributed by atoms with Gasteiger partial charge >= 0.3 is 0 Å². The second-order valence-corrected chi connectivity index (χ2v) is 9.54. The molecular formula is C19H28N2O4S. The Bertz CT molecular complexity index is 770. The van der Waals surface area contributed by atoms with Gasteiger partial charge in [0.1, 0.15) is 5.75 Å². The average molecular weight is 381 g/mol. The lowest BCUT2D eigenvalue weighted by molar-refractivity contribution is -0.117. The second kappa shape index (κ2) is 7.56. The first-order valence-corrected chi connectivity index (χ1v) is 10.8. The summed E-state index contributed by atoms with van der Waals surface area (Å²) in [5, 5.41) is 2.88. The Hall–Kier alpha value is -1.60. The van der Waals surface area contributed by atoms with E-state index < -0.39 is 10.0 Å². The van der Waals surface area contributed by atoms with Crippen molar-refractivity contribution >= 4 is 21.6 Å². The number of piperidine rings is 1. The van der Waals surface area contributed by atoms with Crippen LogP contribution >= 0.6 is 0 Å². The predicted octanol–water partition coefficient (Wildman–Crippen LogP) is 3.24. The van der Waals surface area contributed by atoms with E-state index in [-0.39, 0.29) is 22.8 Å². The Morgan fingerprint density at radius 1 is 1.23 bits per heavy atom. The van der Waals surface area contributed by atoms with Crippen LogP contribution in [0, 0.1) is 11.8 Å². The fraction of sp³-hybridized carbons (Fsp3) is 0.632. The molecule has 1 aliphatic heterocycles. The molecular weight excluding hydrogens is 352 g/mol. The molecule has 2 aliphatic rings. The quantitative estimate of drug-likeness (QED) is 0.822. The highest BCUT2D eigenvalue weighted by molar-refractivity contribution is 7.89. The summed E-state index contributed by atoms with van der Waals surface area (Å²) < 4.78 is 33.2. The van der Waals surface area contributed by atoms with Crippen LogP contribution in [0.15, 0.2) is 23.1 Å². The summed E-state index contributed by atoms with van der Waals surface area (Å²) in [4.78, 5) is 12.6. The van der Waals surface area contributed by atoms with Gasteiger partial charge in [0.05, 0.1) is 16.7 Å². The molecule has 0 unspecified atom stereocenters. The molecule has 0 aromatic heterocycles. The summed E-state index contributed by atoms with van der Waals surface area (Å²) in [5.74, 6) is 0.812. The Morgan fingerprint density at radius 3 is 2.46 bits per heavy atom. The molecule has 0 spiro atoms. The van der Waals surface area contributed by atoms with Crippen LogP contribution in [-0.2, 0) is 14.8 Å². The van der Waals surface area contributed by atoms with Gasteiger partial charge in [0.25, 0.3) is 0 Å². The first-order chi connectivity index (χ1) is 12.3. The molecule has 1 amide bonds. The third-order valence-electron chi connectivity index (χ3n) is 4.97. The molecule has 1 N–H and O–H groups in total. The number of anilines is 1. The fourth-order valence-electron chi connectivity index (χ4n) is 3.29. The van der Waals surface area contributed by atoms with Gasteiger partial charge in [0.15, 0.2) is 0 Å². The molecule has 2 fully saturated rings. The van der Waals surface area contributed by atoms with Crippen LogP contribution in [0.5, 0.6) is 5.75 Å². The van der Waals surface area contributed by atoms with Gasteiger partial charge in [-0.05, 0) is 57.2 Å². The van der Waals surface area contributed by atoms with E-state index >= 15 is 0 Å². The van der Waals surface area contributed by atoms with Crippen molar-refractivity contribution in [3.05, 3.63) is 18.2 Å². The highest BCUT2D eigenvalue weighted by atomic mass is 32.2. The zero-order valence-corrected chi connectivity index (χ0v) is 16.5. The SMILES string of the molecule is CC(C)Oc1ccc(S(=O)(=O)N2CCCCC2)cc1NC(=O)[C@@H]1C[C@H]1C. The van der Waals surface area contributed by atoms with Gasteiger partial charge in [-0.2, -0.15) is 4.31 Å². The van der Waals surface area contributed by atoms with Crippen LogP contribution in [-0.4, -0.2) is 37.8 Å². The minimum Gasteiger partial charge on any atom is -0.489 e. The van der Waals surface area contributed by atoms with Gasteiger partial charge in [0.2, 0.25) is 15.9 Å². The van der Waals surface area contributed by atoms with E-state index in [1.54, 1.807) is 12.1 Å². The standard InChI is InChI=1S/C19H28N2O4S/c1-13(2)25-18-8-7-15(26(23,24)21-9-5-4-6-10-21)12-17(18)20-19(22)16-11-14(16)3/h7-8,12-14,16H,4-6,9-11H2,1-3H3,(H,20,22)/t14-,16-/m1/s1. The minimum atomic E-state index is -3.55. The van der Waals surface area contributed by atoms with Crippen molar-refractivity contribution in [2.45, 2.75) is 57.5 Å². The highest BCUT2D eigenvalue weighted by Crippen LogP contribution is 2.39. The molecule has 3 rings (SSSR count). The second-order valence-electron chi connectivity index (χ2n) is 7.60. The Kier molecular flexibility index (Phi) is 5.58. The van der Waals surface area contributed by atoms with Crippen molar-refractivity contribution in [3.63, 3.8) is 0 Å². The minimum absolute atomic E-state index is 0.00394. The van der Waals surface area contributed by atoms with Gasteiger partial charge in [-0.1, -0.05) is 13.3 Å². The van der Waals surface area contributed by atoms with Crippen LogP contribution in [0.2, 0.25) is 0 Å². The number of nitrogens with one attached hydrogen (secondary N) is 1. The third kappa shape index (κ3) is 4.20. The van der Waals surface area contributed by atoms with E-state index in [2.05, 4.69) is 5.32 Å². The lowest BCUT2D eigenvalue weighted by atomic mass is 10.2. The van der Waals surface area contributed by atoms with E-state index in [1.807, 2.05) is 20.8 Å². The first kappa shape index (κ1) is 19.2. The van der Waals surface area contributed by atoms with Crippen molar-refractivity contribution in [2.75, 3.05) is 18.4 Å². The monoisotopic (exact) mass is 380 g/mol. The van der Waals surface area contributed by atoms with Crippen molar-refractivity contribution in [2.24, 2.45) is 11.8 Å². The summed E-state index contributed by atoms with van der Waals surface area (Å²) in [6.07, 6.45) is 3.63. The Labute approximate surface area is 156 Å². The number of hydrogen-bond donors (Lipinski definition) is 1. The summed E-state index contributed by atoms with van der Waals surface area (Å²) in [6, 6.07) is 4.74. The molecule has 1 heterocycles. The number of ether oxygens (including phenoxy) is 1. The number of rotatable bonds is 6. The number of carbonyl (C=O) groups excluding carboxylic acids is 1. The van der Waals surface area contributed by atoms with E-state index in [4.69, 9.17) is 4.74 Å². The molecule has 0 radical (unpaired) electrons. The van der Waals surface area contributed by atoms with Gasteiger partial charge in [-0.15, -0.1) is 0 Å². The number of nitrogens with zero attached hydrogens (tertiary/aromatic N) is 1. The number of sulfonamides is 1. The van der Waals surface area contributed by atoms with Crippen molar-refractivity contribution < 1.29 is 17.9 Å². The van der Waals surface area contributed by atoms with Crippen LogP contribution in [0.3, 0.4) is 0 Å². The Morgan fingerprint density at radius 2 is 1.88 bits per heavy atom. The molecule has 1 aliphatic carbocycles. The number of amides is 1. The van der Waals surface area contributed by atoms with Crippen molar-refractivity contribution in [1.82, 2.24) is 4.31 Å². The number of hydrogen-bond acceptors (Lipinski definition) is 4. The summed E-state index contributed by atoms with van der Waals surface area (Å²) in [6.45, 7) is 6.93. The van der Waals surface area contributed by atoms with Crippen LogP contribution in [0.1, 0.15) is 46.5 Å². The van der Waals surface area contributed by atoms with E-state index in [0.29, 0.717) is 30.4 Å². The maximum absolute atomic E-state index is 12.9. The molecule has 144 valence electrons. The zero-order valence-electron chi connectivity index (χ0n) is 15.7. The molecule has 1 saturated heterocycles. The van der Waals surface area contributed by atoms with Gasteiger partial charge < -0.3 is 10.1 Å². The third-order valence-corrected chi connectivity index (χ3v) is 6.87. The molecule has 6 nitrogen and oxygen atoms in total. The van der Waals surface area contributed by atoms with Crippen LogP contribution in [0.25, 0.3) is 0 Å². The smallest absolute Gasteiger partial charge is 0.243 e. The number of benzene rings is 1. The summed E-state index contributed by atoms with van der Waals surface area (Å²) in [5.41, 5.74) is 0.431. The number of carbonyl (C=O) groups is 1. The summed E-state index contributed by atoms with van der Waals surface area (Å²) >= 11 is 0. The van der Waals surface area contributed by atoms with Crippen LogP contribution in [0.4, 0.5) is 5.69 Å². The van der Waals surface area contributed by atoms with E-state index in [0.717, 1.165) is 25.7 Å². The van der Waals surface area contributed by atoms with Gasteiger partial charge in [0, 0.05) is 19.0 Å². The molecule has 1 saturated carbocycles. The fourth-order valence-corrected chi connectivity index (χ4v) is 4.83. The van der Waals surface area contributed by atoms with Crippen molar-refractivity contribution in [1.29, 1.82) is 0 Å². The average Bonchev–Trinajstić information content (AvgIpc) is 3.33. The molecule has 7 heteroatoms. The lowest BCUT2D eigenvalue weighted by Gasteiger charge is -2.26. The van der Waals surface area contributed by atoms with Crippen LogP contribution < -0.4 is 10.1 Å². The maximum Gasteiger partial charge on any atom is 0.243 e. The summed E-state index contributed by atoms with van der Waals surface area (Å²) in [7, 11) is -3.55. The molecule has 0 bridgehead atoms. The maximum atomic E-state index is 12.9. The highest BCUT2D eigenvalue weighted by Gasteiger charge is 2.39. The topological polar surface area (TPSA) is 75.7 Å². The lowest BCUT2D eigenvalue weighted by Crippen LogP contribution is -2.35. The van der Waals surface area contributed by atoms with E-state index in [1.165, 1.54) is 10.4 Å². The largest absolute Gasteiger partial charge is 0.489 e. The zero-order chi connectivity index (χ0) is 18.9.